The molecule has 0 amide bonds. The first-order chi connectivity index (χ1) is 10.6. The van der Waals surface area contributed by atoms with Crippen LogP contribution in [0.25, 0.3) is 0 Å². The minimum atomic E-state index is -0.127. The molecule has 1 atom stereocenters. The molecule has 1 aliphatic rings. The second kappa shape index (κ2) is 6.29. The molecular weight excluding hydrogens is 280 g/mol. The lowest BCUT2D eigenvalue weighted by molar-refractivity contribution is 0.289. The number of nitrogens with zero attached hydrogens (tertiary/aromatic N) is 2. The fourth-order valence-electron chi connectivity index (χ4n) is 2.50. The van der Waals surface area contributed by atoms with Crippen LogP contribution in [0.15, 0.2) is 47.5 Å². The molecule has 2 heterocycles. The number of hydrogen-bond acceptors (Lipinski definition) is 5. The molecule has 6 heteroatoms. The Kier molecular flexibility index (Phi) is 4.22. The van der Waals surface area contributed by atoms with Crippen LogP contribution < -0.4 is 20.9 Å². The van der Waals surface area contributed by atoms with Gasteiger partial charge in [-0.05, 0) is 12.5 Å². The van der Waals surface area contributed by atoms with Crippen LogP contribution in [0.1, 0.15) is 12.5 Å². The molecule has 1 aliphatic heterocycles. The number of ether oxygens (including phenoxy) is 1. The number of hydrogen-bond donors (Lipinski definition) is 2. The zero-order valence-corrected chi connectivity index (χ0v) is 12.6. The maximum atomic E-state index is 12.2. The van der Waals surface area contributed by atoms with Crippen molar-refractivity contribution in [1.82, 2.24) is 20.2 Å². The van der Waals surface area contributed by atoms with Crippen molar-refractivity contribution in [3.8, 4) is 5.88 Å². The summed E-state index contributed by atoms with van der Waals surface area (Å²) in [6, 6.07) is 11.2. The van der Waals surface area contributed by atoms with E-state index in [9.17, 15) is 4.79 Å². The first-order valence-corrected chi connectivity index (χ1v) is 7.34. The zero-order valence-electron chi connectivity index (χ0n) is 12.6. The highest BCUT2D eigenvalue weighted by Crippen LogP contribution is 2.10. The van der Waals surface area contributed by atoms with E-state index in [4.69, 9.17) is 4.74 Å². The Morgan fingerprint density at radius 1 is 1.36 bits per heavy atom. The van der Waals surface area contributed by atoms with Crippen molar-refractivity contribution in [2.75, 3.05) is 13.2 Å². The second-order valence-electron chi connectivity index (χ2n) is 5.81. The van der Waals surface area contributed by atoms with Crippen molar-refractivity contribution in [2.24, 2.45) is 0 Å². The molecule has 6 nitrogen and oxygen atoms in total. The summed E-state index contributed by atoms with van der Waals surface area (Å²) in [7, 11) is 0. The van der Waals surface area contributed by atoms with Crippen molar-refractivity contribution in [1.29, 1.82) is 0 Å². The van der Waals surface area contributed by atoms with Crippen LogP contribution in [-0.4, -0.2) is 28.3 Å². The lowest BCUT2D eigenvalue weighted by atomic mass is 10.0. The number of nitrogens with one attached hydrogen (secondary N) is 2. The molecule has 2 aromatic rings. The SMILES string of the molecule is CC1(Cn2cnc(OCc3ccccc3)cc2=O)CNCN1. The summed E-state index contributed by atoms with van der Waals surface area (Å²) in [5.41, 5.74) is 0.813. The van der Waals surface area contributed by atoms with E-state index in [2.05, 4.69) is 22.5 Å². The fourth-order valence-corrected chi connectivity index (χ4v) is 2.50. The van der Waals surface area contributed by atoms with Crippen molar-refractivity contribution < 1.29 is 4.74 Å². The van der Waals surface area contributed by atoms with E-state index in [1.807, 2.05) is 30.3 Å². The van der Waals surface area contributed by atoms with Crippen LogP contribution in [0.4, 0.5) is 0 Å². The van der Waals surface area contributed by atoms with Crippen molar-refractivity contribution in [2.45, 2.75) is 25.6 Å². The van der Waals surface area contributed by atoms with Gasteiger partial charge < -0.3 is 10.1 Å². The Hall–Kier alpha value is -2.18. The van der Waals surface area contributed by atoms with Crippen molar-refractivity contribution in [3.63, 3.8) is 0 Å². The third-order valence-electron chi connectivity index (χ3n) is 3.76. The van der Waals surface area contributed by atoms with Crippen LogP contribution in [-0.2, 0) is 13.2 Å². The standard InChI is InChI=1S/C16H20N4O2/c1-16(9-17-11-19-16)10-20-12-18-14(7-15(20)21)22-8-13-5-3-2-4-6-13/h2-7,12,17,19H,8-11H2,1H3. The van der Waals surface area contributed by atoms with Crippen LogP contribution in [0, 0.1) is 0 Å². The third-order valence-corrected chi connectivity index (χ3v) is 3.76. The highest BCUT2D eigenvalue weighted by Gasteiger charge is 2.28. The highest BCUT2D eigenvalue weighted by molar-refractivity contribution is 5.15. The summed E-state index contributed by atoms with van der Waals surface area (Å²) >= 11 is 0. The molecule has 2 N–H and O–H groups in total. The Morgan fingerprint density at radius 2 is 2.18 bits per heavy atom. The first kappa shape index (κ1) is 14.7. The fraction of sp³-hybridized carbons (Fsp3) is 0.375. The molecule has 0 spiro atoms. The van der Waals surface area contributed by atoms with Gasteiger partial charge in [-0.15, -0.1) is 0 Å². The minimum absolute atomic E-state index is 0.104. The van der Waals surface area contributed by atoms with E-state index in [0.717, 1.165) is 18.8 Å². The largest absolute Gasteiger partial charge is 0.473 e. The monoisotopic (exact) mass is 300 g/mol. The number of benzene rings is 1. The average molecular weight is 300 g/mol. The van der Waals surface area contributed by atoms with Gasteiger partial charge in [0.25, 0.3) is 5.56 Å². The number of aromatic nitrogens is 2. The summed E-state index contributed by atoms with van der Waals surface area (Å²) in [5.74, 6) is 0.354. The molecule has 116 valence electrons. The average Bonchev–Trinajstić information content (AvgIpc) is 2.95. The van der Waals surface area contributed by atoms with Gasteiger partial charge in [-0.1, -0.05) is 30.3 Å². The molecule has 0 saturated carbocycles. The molecule has 3 rings (SSSR count). The molecule has 0 radical (unpaired) electrons. The molecule has 1 unspecified atom stereocenters. The maximum absolute atomic E-state index is 12.2. The normalized spacial score (nSPS) is 21.0. The van der Waals surface area contributed by atoms with Gasteiger partial charge in [0.15, 0.2) is 0 Å². The quantitative estimate of drug-likeness (QED) is 0.852. The van der Waals surface area contributed by atoms with Gasteiger partial charge in [-0.2, -0.15) is 0 Å². The topological polar surface area (TPSA) is 68.2 Å². The molecule has 1 fully saturated rings. The van der Waals surface area contributed by atoms with Crippen LogP contribution >= 0.6 is 0 Å². The van der Waals surface area contributed by atoms with Gasteiger partial charge in [0, 0.05) is 25.3 Å². The summed E-state index contributed by atoms with van der Waals surface area (Å²) in [4.78, 5) is 16.4. The van der Waals surface area contributed by atoms with Gasteiger partial charge >= 0.3 is 0 Å². The summed E-state index contributed by atoms with van der Waals surface area (Å²) in [6.07, 6.45) is 1.55. The highest BCUT2D eigenvalue weighted by atomic mass is 16.5. The van der Waals surface area contributed by atoms with E-state index in [-0.39, 0.29) is 11.1 Å². The molecular formula is C16H20N4O2. The van der Waals surface area contributed by atoms with Crippen LogP contribution in [0.3, 0.4) is 0 Å². The van der Waals surface area contributed by atoms with Gasteiger partial charge in [-0.25, -0.2) is 4.98 Å². The Balaban J connectivity index is 1.66. The predicted octanol–water partition coefficient (Wildman–Crippen LogP) is 0.731. The Bertz CT molecular complexity index is 678. The van der Waals surface area contributed by atoms with Gasteiger partial charge in [0.2, 0.25) is 5.88 Å². The van der Waals surface area contributed by atoms with E-state index in [1.54, 1.807) is 10.9 Å². The van der Waals surface area contributed by atoms with E-state index < -0.39 is 0 Å². The molecule has 22 heavy (non-hydrogen) atoms. The molecule has 1 saturated heterocycles. The third kappa shape index (κ3) is 3.52. The zero-order chi connectivity index (χ0) is 15.4. The lowest BCUT2D eigenvalue weighted by Crippen LogP contribution is -2.45. The van der Waals surface area contributed by atoms with Crippen LogP contribution in [0.2, 0.25) is 0 Å². The van der Waals surface area contributed by atoms with E-state index in [1.165, 1.54) is 6.07 Å². The van der Waals surface area contributed by atoms with Crippen molar-refractivity contribution >= 4 is 0 Å². The number of rotatable bonds is 5. The van der Waals surface area contributed by atoms with Gasteiger partial charge in [0.05, 0.1) is 6.07 Å². The second-order valence-corrected chi connectivity index (χ2v) is 5.81. The smallest absolute Gasteiger partial charge is 0.257 e. The van der Waals surface area contributed by atoms with Crippen LogP contribution in [0.5, 0.6) is 5.88 Å². The Labute approximate surface area is 129 Å². The predicted molar refractivity (Wildman–Crippen MR) is 83.7 cm³/mol. The lowest BCUT2D eigenvalue weighted by Gasteiger charge is -2.24. The van der Waals surface area contributed by atoms with Gasteiger partial charge in [-0.3, -0.25) is 14.7 Å². The molecule has 0 bridgehead atoms. The first-order valence-electron chi connectivity index (χ1n) is 7.34. The summed E-state index contributed by atoms with van der Waals surface area (Å²) in [5, 5.41) is 6.57. The molecule has 1 aromatic carbocycles. The van der Waals surface area contributed by atoms with Crippen molar-refractivity contribution in [3.05, 3.63) is 58.6 Å². The molecule has 0 aliphatic carbocycles. The molecule has 1 aromatic heterocycles. The summed E-state index contributed by atoms with van der Waals surface area (Å²) < 4.78 is 7.18. The van der Waals surface area contributed by atoms with E-state index in [0.29, 0.717) is 19.0 Å². The van der Waals surface area contributed by atoms with E-state index >= 15 is 0 Å². The minimum Gasteiger partial charge on any atom is -0.473 e. The summed E-state index contributed by atoms with van der Waals surface area (Å²) in [6.45, 7) is 4.65. The maximum Gasteiger partial charge on any atom is 0.257 e. The van der Waals surface area contributed by atoms with Gasteiger partial charge in [0.1, 0.15) is 12.9 Å². The Morgan fingerprint density at radius 3 is 2.86 bits per heavy atom.